The van der Waals surface area contributed by atoms with Gasteiger partial charge in [-0.05, 0) is 113 Å². The number of rotatable bonds is 16. The monoisotopic (exact) mass is 754 g/mol. The van der Waals surface area contributed by atoms with Gasteiger partial charge in [0.2, 0.25) is 5.84 Å². The molecule has 0 bridgehead atoms. The van der Waals surface area contributed by atoms with Crippen molar-refractivity contribution in [3.8, 4) is 17.2 Å². The van der Waals surface area contributed by atoms with Crippen LogP contribution in [0.3, 0.4) is 0 Å². The molecule has 1 aromatic heterocycles. The Morgan fingerprint density at radius 1 is 0.800 bits per heavy atom. The molecule has 15 heteroatoms. The van der Waals surface area contributed by atoms with Gasteiger partial charge in [-0.3, -0.25) is 15.0 Å². The van der Waals surface area contributed by atoms with E-state index < -0.39 is 11.9 Å². The number of aromatic nitrogens is 2. The molecule has 0 spiro atoms. The van der Waals surface area contributed by atoms with Crippen molar-refractivity contribution in [3.63, 3.8) is 0 Å². The van der Waals surface area contributed by atoms with Gasteiger partial charge in [0, 0.05) is 36.4 Å². The fourth-order valence-electron chi connectivity index (χ4n) is 6.02. The van der Waals surface area contributed by atoms with Gasteiger partial charge in [0.15, 0.2) is 5.69 Å². The highest BCUT2D eigenvalue weighted by molar-refractivity contribution is 6.41. The zero-order valence-electron chi connectivity index (χ0n) is 31.7. The SMILES string of the molecule is CCOC(=O)CCCCN(/C(=N\Nc1ccc(OC)cc1)C(=O)OCC)c1ccc(N2CCc3c(C(=O)OCC)nn(-c4ccc(OC)cc4)c3C2=O)cc1. The quantitative estimate of drug-likeness (QED) is 0.0366. The maximum atomic E-state index is 14.3. The number of unbranched alkanes of at least 4 members (excludes halogenated alkanes) is 1. The maximum Gasteiger partial charge on any atom is 0.376 e. The second-order valence-electron chi connectivity index (χ2n) is 12.1. The summed E-state index contributed by atoms with van der Waals surface area (Å²) in [6.45, 7) is 6.36. The largest absolute Gasteiger partial charge is 0.497 e. The van der Waals surface area contributed by atoms with E-state index in [-0.39, 0.29) is 55.3 Å². The number of benzene rings is 3. The highest BCUT2D eigenvalue weighted by Crippen LogP contribution is 2.31. The third-order valence-corrected chi connectivity index (χ3v) is 8.69. The molecule has 1 N–H and O–H groups in total. The van der Waals surface area contributed by atoms with Gasteiger partial charge in [0.05, 0.1) is 45.4 Å². The molecule has 1 amide bonds. The van der Waals surface area contributed by atoms with E-state index in [9.17, 15) is 19.2 Å². The van der Waals surface area contributed by atoms with Crippen LogP contribution < -0.4 is 24.7 Å². The van der Waals surface area contributed by atoms with Crippen molar-refractivity contribution in [1.82, 2.24) is 9.78 Å². The Kier molecular flexibility index (Phi) is 13.8. The van der Waals surface area contributed by atoms with Crippen LogP contribution in [0, 0.1) is 0 Å². The molecule has 0 saturated heterocycles. The Balaban J connectivity index is 1.47. The first-order chi connectivity index (χ1) is 26.7. The molecule has 0 radical (unpaired) electrons. The van der Waals surface area contributed by atoms with E-state index in [0.29, 0.717) is 72.2 Å². The van der Waals surface area contributed by atoms with Crippen LogP contribution in [0.4, 0.5) is 17.1 Å². The van der Waals surface area contributed by atoms with Crippen molar-refractivity contribution in [2.24, 2.45) is 5.10 Å². The molecule has 290 valence electrons. The van der Waals surface area contributed by atoms with Gasteiger partial charge in [0.25, 0.3) is 5.91 Å². The number of hydrogen-bond acceptors (Lipinski definition) is 12. The van der Waals surface area contributed by atoms with E-state index in [2.05, 4.69) is 15.6 Å². The lowest BCUT2D eigenvalue weighted by Gasteiger charge is -2.29. The molecule has 55 heavy (non-hydrogen) atoms. The molecule has 0 atom stereocenters. The number of esters is 3. The highest BCUT2D eigenvalue weighted by Gasteiger charge is 2.36. The van der Waals surface area contributed by atoms with Crippen LogP contribution in [-0.2, 0) is 30.2 Å². The molecule has 0 fully saturated rings. The lowest BCUT2D eigenvalue weighted by Crippen LogP contribution is -2.40. The average Bonchev–Trinajstić information content (AvgIpc) is 3.60. The molecule has 2 heterocycles. The molecule has 0 unspecified atom stereocenters. The molecule has 0 saturated carbocycles. The molecule has 0 aliphatic carbocycles. The van der Waals surface area contributed by atoms with Crippen molar-refractivity contribution in [1.29, 1.82) is 0 Å². The number of hydrazone groups is 1. The number of hydrogen-bond donors (Lipinski definition) is 1. The predicted octanol–water partition coefficient (Wildman–Crippen LogP) is 5.80. The van der Waals surface area contributed by atoms with E-state index in [1.807, 2.05) is 0 Å². The van der Waals surface area contributed by atoms with E-state index in [1.54, 1.807) is 118 Å². The second-order valence-corrected chi connectivity index (χ2v) is 12.1. The number of nitrogens with zero attached hydrogens (tertiary/aromatic N) is 5. The summed E-state index contributed by atoms with van der Waals surface area (Å²) in [6.07, 6.45) is 1.61. The van der Waals surface area contributed by atoms with Crippen LogP contribution in [0.25, 0.3) is 5.69 Å². The summed E-state index contributed by atoms with van der Waals surface area (Å²) in [6, 6.07) is 21.2. The minimum atomic E-state index is -0.652. The first-order valence-electron chi connectivity index (χ1n) is 18.2. The van der Waals surface area contributed by atoms with Gasteiger partial charge in [-0.2, -0.15) is 5.10 Å². The third-order valence-electron chi connectivity index (χ3n) is 8.69. The van der Waals surface area contributed by atoms with Crippen LogP contribution >= 0.6 is 0 Å². The topological polar surface area (TPSA) is 163 Å². The smallest absolute Gasteiger partial charge is 0.376 e. The minimum Gasteiger partial charge on any atom is -0.497 e. The van der Waals surface area contributed by atoms with Crippen LogP contribution in [-0.4, -0.2) is 86.6 Å². The Hall–Kier alpha value is -6.38. The summed E-state index contributed by atoms with van der Waals surface area (Å²) in [5, 5.41) is 9.04. The standard InChI is InChI=1S/C40H46N6O9/c1-6-53-34(47)11-9-10-25-44(37(40(50)55-8-3)42-41-27-12-20-31(51-4)21-13-27)28-14-16-29(17-15-28)45-26-24-33-35(39(49)54-7-2)43-46(36(33)38(45)48)30-18-22-32(52-5)23-19-30/h12-23,41H,6-11,24-26H2,1-5H3/b42-37-. The summed E-state index contributed by atoms with van der Waals surface area (Å²) in [7, 11) is 3.13. The number of carbonyl (C=O) groups excluding carboxylic acids is 4. The number of nitrogens with one attached hydrogen (secondary N) is 1. The van der Waals surface area contributed by atoms with Crippen molar-refractivity contribution in [2.75, 3.05) is 62.4 Å². The fraction of sp³-hybridized carbons (Fsp3) is 0.350. The number of ether oxygens (including phenoxy) is 5. The van der Waals surface area contributed by atoms with E-state index in [1.165, 1.54) is 4.68 Å². The van der Waals surface area contributed by atoms with Gasteiger partial charge in [-0.1, -0.05) is 0 Å². The van der Waals surface area contributed by atoms with Gasteiger partial charge >= 0.3 is 17.9 Å². The zero-order chi connectivity index (χ0) is 39.3. The van der Waals surface area contributed by atoms with Crippen LogP contribution in [0.15, 0.2) is 77.9 Å². The average molecular weight is 755 g/mol. The summed E-state index contributed by atoms with van der Waals surface area (Å²) in [5.74, 6) is -0.603. The highest BCUT2D eigenvalue weighted by atomic mass is 16.5. The van der Waals surface area contributed by atoms with Crippen molar-refractivity contribution in [3.05, 3.63) is 89.7 Å². The molecule has 1 aliphatic heterocycles. The maximum absolute atomic E-state index is 14.3. The number of amidine groups is 1. The first-order valence-corrected chi connectivity index (χ1v) is 18.2. The summed E-state index contributed by atoms with van der Waals surface area (Å²) in [4.78, 5) is 56.1. The zero-order valence-corrected chi connectivity index (χ0v) is 31.7. The predicted molar refractivity (Wildman–Crippen MR) is 206 cm³/mol. The van der Waals surface area contributed by atoms with Gasteiger partial charge < -0.3 is 33.5 Å². The summed E-state index contributed by atoms with van der Waals surface area (Å²) >= 11 is 0. The summed E-state index contributed by atoms with van der Waals surface area (Å²) in [5.41, 5.74) is 6.20. The second kappa shape index (κ2) is 19.1. The first kappa shape index (κ1) is 39.8. The van der Waals surface area contributed by atoms with Crippen molar-refractivity contribution >= 4 is 46.7 Å². The van der Waals surface area contributed by atoms with Crippen LogP contribution in [0.1, 0.15) is 66.6 Å². The number of anilines is 3. The number of methoxy groups -OCH3 is 2. The number of carbonyl (C=O) groups is 4. The Labute approximate surface area is 319 Å². The molecule has 5 rings (SSSR count). The van der Waals surface area contributed by atoms with Crippen molar-refractivity contribution < 1.29 is 42.9 Å². The van der Waals surface area contributed by atoms with Crippen LogP contribution in [0.2, 0.25) is 0 Å². The molecule has 4 aromatic rings. The molecule has 15 nitrogen and oxygen atoms in total. The van der Waals surface area contributed by atoms with E-state index >= 15 is 0 Å². The fourth-order valence-corrected chi connectivity index (χ4v) is 6.02. The Morgan fingerprint density at radius 3 is 2.04 bits per heavy atom. The lowest BCUT2D eigenvalue weighted by molar-refractivity contribution is -0.143. The molecule has 1 aliphatic rings. The minimum absolute atomic E-state index is 0.00451. The number of amides is 1. The van der Waals surface area contributed by atoms with E-state index in [0.717, 1.165) is 0 Å². The van der Waals surface area contributed by atoms with Gasteiger partial charge in [0.1, 0.15) is 17.2 Å². The third kappa shape index (κ3) is 9.60. The number of fused-ring (bicyclic) bond motifs is 1. The Morgan fingerprint density at radius 2 is 1.42 bits per heavy atom. The van der Waals surface area contributed by atoms with Crippen molar-refractivity contribution in [2.45, 2.75) is 46.5 Å². The van der Waals surface area contributed by atoms with Gasteiger partial charge in [-0.15, -0.1) is 5.10 Å². The summed E-state index contributed by atoms with van der Waals surface area (Å²) < 4.78 is 27.8. The molecular weight excluding hydrogens is 708 g/mol. The van der Waals surface area contributed by atoms with Crippen LogP contribution in [0.5, 0.6) is 11.5 Å². The van der Waals surface area contributed by atoms with Gasteiger partial charge in [-0.25, -0.2) is 14.3 Å². The molecular formula is C40H46N6O9. The normalized spacial score (nSPS) is 12.4. The molecule has 3 aromatic carbocycles. The lowest BCUT2D eigenvalue weighted by atomic mass is 10.0. The Bertz CT molecular complexity index is 1980. The van der Waals surface area contributed by atoms with E-state index in [4.69, 9.17) is 23.7 Å².